The highest BCUT2D eigenvalue weighted by atomic mass is 16.6. The molecule has 0 bridgehead atoms. The second kappa shape index (κ2) is 5.80. The van der Waals surface area contributed by atoms with Crippen molar-refractivity contribution in [2.45, 2.75) is 18.9 Å². The molecule has 1 N–H and O–H groups in total. The fraction of sp³-hybridized carbons (Fsp3) is 0.600. The molecular formula is C15H21NO3. The van der Waals surface area contributed by atoms with Crippen LogP contribution in [0.4, 0.5) is 0 Å². The lowest BCUT2D eigenvalue weighted by atomic mass is 9.99. The van der Waals surface area contributed by atoms with Crippen molar-refractivity contribution in [3.8, 4) is 11.5 Å². The van der Waals surface area contributed by atoms with Crippen LogP contribution in [0.3, 0.4) is 0 Å². The maximum Gasteiger partial charge on any atom is 0.161 e. The van der Waals surface area contributed by atoms with Gasteiger partial charge in [0.05, 0.1) is 0 Å². The van der Waals surface area contributed by atoms with E-state index in [0.717, 1.165) is 44.0 Å². The summed E-state index contributed by atoms with van der Waals surface area (Å²) in [6.45, 7) is 3.85. The summed E-state index contributed by atoms with van der Waals surface area (Å²) in [7, 11) is 0. The van der Waals surface area contributed by atoms with E-state index in [9.17, 15) is 5.11 Å². The average Bonchev–Trinajstić information content (AvgIpc) is 2.47. The number of fused-ring (bicyclic) bond motifs is 1. The van der Waals surface area contributed by atoms with Crippen molar-refractivity contribution in [3.05, 3.63) is 24.3 Å². The van der Waals surface area contributed by atoms with Crippen LogP contribution >= 0.6 is 0 Å². The Morgan fingerprint density at radius 2 is 2.11 bits per heavy atom. The lowest BCUT2D eigenvalue weighted by Crippen LogP contribution is -2.45. The van der Waals surface area contributed by atoms with Gasteiger partial charge in [-0.3, -0.25) is 4.90 Å². The Hall–Kier alpha value is -1.26. The van der Waals surface area contributed by atoms with Crippen LogP contribution in [-0.4, -0.2) is 49.0 Å². The molecule has 0 amide bonds. The Morgan fingerprint density at radius 1 is 1.26 bits per heavy atom. The predicted octanol–water partition coefficient (Wildman–Crippen LogP) is 1.53. The zero-order valence-corrected chi connectivity index (χ0v) is 11.1. The van der Waals surface area contributed by atoms with Crippen LogP contribution in [0.15, 0.2) is 24.3 Å². The van der Waals surface area contributed by atoms with E-state index in [1.165, 1.54) is 0 Å². The van der Waals surface area contributed by atoms with Gasteiger partial charge in [0.15, 0.2) is 11.5 Å². The fourth-order valence-corrected chi connectivity index (χ4v) is 2.91. The highest BCUT2D eigenvalue weighted by molar-refractivity contribution is 5.40. The van der Waals surface area contributed by atoms with Crippen LogP contribution in [-0.2, 0) is 0 Å². The highest BCUT2D eigenvalue weighted by Crippen LogP contribution is 2.31. The molecule has 2 aliphatic heterocycles. The van der Waals surface area contributed by atoms with Gasteiger partial charge in [-0.1, -0.05) is 12.1 Å². The zero-order valence-electron chi connectivity index (χ0n) is 11.1. The van der Waals surface area contributed by atoms with Gasteiger partial charge in [-0.25, -0.2) is 0 Å². The van der Waals surface area contributed by atoms with Crippen LogP contribution in [0.1, 0.15) is 12.8 Å². The molecule has 0 saturated carbocycles. The van der Waals surface area contributed by atoms with Crippen LogP contribution in [0.5, 0.6) is 11.5 Å². The Balaban J connectivity index is 1.57. The van der Waals surface area contributed by atoms with Crippen molar-refractivity contribution in [2.24, 2.45) is 5.92 Å². The maximum absolute atomic E-state index is 9.26. The number of para-hydroxylation sites is 2. The SMILES string of the molecule is OCC1CCCN(CC2COc3ccccc3O2)C1. The van der Waals surface area contributed by atoms with E-state index in [-0.39, 0.29) is 6.10 Å². The van der Waals surface area contributed by atoms with Gasteiger partial charge in [-0.15, -0.1) is 0 Å². The third-order valence-electron chi connectivity index (χ3n) is 3.89. The lowest BCUT2D eigenvalue weighted by molar-refractivity contribution is 0.0378. The van der Waals surface area contributed by atoms with Crippen molar-refractivity contribution in [1.29, 1.82) is 0 Å². The minimum atomic E-state index is 0.0901. The van der Waals surface area contributed by atoms with Gasteiger partial charge in [0.25, 0.3) is 0 Å². The van der Waals surface area contributed by atoms with Crippen molar-refractivity contribution in [3.63, 3.8) is 0 Å². The van der Waals surface area contributed by atoms with Crippen molar-refractivity contribution >= 4 is 0 Å². The van der Waals surface area contributed by atoms with E-state index < -0.39 is 0 Å². The predicted molar refractivity (Wildman–Crippen MR) is 72.6 cm³/mol. The molecule has 1 saturated heterocycles. The minimum Gasteiger partial charge on any atom is -0.486 e. The number of hydrogen-bond donors (Lipinski definition) is 1. The summed E-state index contributed by atoms with van der Waals surface area (Å²) in [5.41, 5.74) is 0. The van der Waals surface area contributed by atoms with E-state index in [2.05, 4.69) is 4.90 Å². The number of aliphatic hydroxyl groups excluding tert-OH is 1. The second-order valence-electron chi connectivity index (χ2n) is 5.45. The van der Waals surface area contributed by atoms with Gasteiger partial charge in [0, 0.05) is 19.7 Å². The van der Waals surface area contributed by atoms with Gasteiger partial charge in [-0.2, -0.15) is 0 Å². The molecule has 2 atom stereocenters. The van der Waals surface area contributed by atoms with E-state index in [0.29, 0.717) is 19.1 Å². The number of ether oxygens (including phenoxy) is 2. The number of rotatable bonds is 3. The Morgan fingerprint density at radius 3 is 2.95 bits per heavy atom. The number of likely N-dealkylation sites (tertiary alicyclic amines) is 1. The molecule has 0 aromatic heterocycles. The first-order valence-electron chi connectivity index (χ1n) is 7.07. The van der Waals surface area contributed by atoms with Crippen LogP contribution in [0.2, 0.25) is 0 Å². The first-order valence-corrected chi connectivity index (χ1v) is 7.07. The molecule has 4 nitrogen and oxygen atoms in total. The quantitative estimate of drug-likeness (QED) is 0.898. The van der Waals surface area contributed by atoms with Gasteiger partial charge in [0.1, 0.15) is 12.7 Å². The molecule has 3 rings (SSSR count). The third-order valence-corrected chi connectivity index (χ3v) is 3.89. The van der Waals surface area contributed by atoms with Crippen molar-refractivity contribution in [1.82, 2.24) is 4.90 Å². The molecule has 0 aliphatic carbocycles. The van der Waals surface area contributed by atoms with E-state index in [1.54, 1.807) is 0 Å². The van der Waals surface area contributed by atoms with E-state index >= 15 is 0 Å². The zero-order chi connectivity index (χ0) is 13.1. The Bertz CT molecular complexity index is 424. The second-order valence-corrected chi connectivity index (χ2v) is 5.45. The maximum atomic E-state index is 9.26. The lowest BCUT2D eigenvalue weighted by Gasteiger charge is -2.35. The summed E-state index contributed by atoms with van der Waals surface area (Å²) in [5.74, 6) is 2.10. The van der Waals surface area contributed by atoms with Crippen molar-refractivity contribution in [2.75, 3.05) is 32.8 Å². The molecule has 104 valence electrons. The van der Waals surface area contributed by atoms with Gasteiger partial charge in [-0.05, 0) is 37.4 Å². The normalized spacial score (nSPS) is 27.2. The molecule has 0 spiro atoms. The van der Waals surface area contributed by atoms with Crippen LogP contribution < -0.4 is 9.47 Å². The third kappa shape index (κ3) is 3.01. The molecule has 2 unspecified atom stereocenters. The summed E-state index contributed by atoms with van der Waals surface area (Å²) in [6, 6.07) is 7.81. The number of nitrogens with zero attached hydrogens (tertiary/aromatic N) is 1. The highest BCUT2D eigenvalue weighted by Gasteiger charge is 2.26. The first kappa shape index (κ1) is 12.8. The summed E-state index contributed by atoms with van der Waals surface area (Å²) < 4.78 is 11.7. The number of piperidine rings is 1. The van der Waals surface area contributed by atoms with Gasteiger partial charge < -0.3 is 14.6 Å². The molecular weight excluding hydrogens is 242 g/mol. The summed E-state index contributed by atoms with van der Waals surface area (Å²) in [4.78, 5) is 2.38. The largest absolute Gasteiger partial charge is 0.486 e. The van der Waals surface area contributed by atoms with E-state index in [4.69, 9.17) is 9.47 Å². The molecule has 2 aliphatic rings. The molecule has 0 radical (unpaired) electrons. The topological polar surface area (TPSA) is 41.9 Å². The van der Waals surface area contributed by atoms with Gasteiger partial charge in [0.2, 0.25) is 0 Å². The summed E-state index contributed by atoms with van der Waals surface area (Å²) >= 11 is 0. The summed E-state index contributed by atoms with van der Waals surface area (Å²) in [5, 5.41) is 9.26. The first-order chi connectivity index (χ1) is 9.35. The number of hydrogen-bond acceptors (Lipinski definition) is 4. The van der Waals surface area contributed by atoms with E-state index in [1.807, 2.05) is 24.3 Å². The van der Waals surface area contributed by atoms with Crippen LogP contribution in [0, 0.1) is 5.92 Å². The number of benzene rings is 1. The molecule has 2 heterocycles. The molecule has 1 fully saturated rings. The monoisotopic (exact) mass is 263 g/mol. The molecule has 1 aromatic carbocycles. The molecule has 19 heavy (non-hydrogen) atoms. The molecule has 1 aromatic rings. The minimum absolute atomic E-state index is 0.0901. The standard InChI is InChI=1S/C15H21NO3/c17-10-12-4-3-7-16(8-12)9-13-11-18-14-5-1-2-6-15(14)19-13/h1-2,5-6,12-13,17H,3-4,7-11H2. The average molecular weight is 263 g/mol. The summed E-state index contributed by atoms with van der Waals surface area (Å²) in [6.07, 6.45) is 2.39. The van der Waals surface area contributed by atoms with Crippen molar-refractivity contribution < 1.29 is 14.6 Å². The fourth-order valence-electron chi connectivity index (χ4n) is 2.91. The Kier molecular flexibility index (Phi) is 3.89. The Labute approximate surface area is 113 Å². The van der Waals surface area contributed by atoms with Gasteiger partial charge >= 0.3 is 0 Å². The molecule has 4 heteroatoms. The smallest absolute Gasteiger partial charge is 0.161 e. The number of aliphatic hydroxyl groups is 1. The van der Waals surface area contributed by atoms with Crippen LogP contribution in [0.25, 0.3) is 0 Å².